The van der Waals surface area contributed by atoms with Crippen LogP contribution >= 0.6 is 0 Å². The van der Waals surface area contributed by atoms with Crippen LogP contribution in [0.1, 0.15) is 44.6 Å². The van der Waals surface area contributed by atoms with Gasteiger partial charge in [-0.1, -0.05) is 32.1 Å². The van der Waals surface area contributed by atoms with Gasteiger partial charge in [-0.3, -0.25) is 4.98 Å². The van der Waals surface area contributed by atoms with Crippen LogP contribution in [0.4, 0.5) is 0 Å². The van der Waals surface area contributed by atoms with E-state index < -0.39 is 0 Å². The lowest BCUT2D eigenvalue weighted by Gasteiger charge is -2.11. The van der Waals surface area contributed by atoms with Gasteiger partial charge in [-0.25, -0.2) is 0 Å². The van der Waals surface area contributed by atoms with Gasteiger partial charge in [-0.15, -0.1) is 0 Å². The highest BCUT2D eigenvalue weighted by molar-refractivity contribution is 5.15. The SMILES string of the molecule is CC/C=C\CC(CC)c1cccnc1. The van der Waals surface area contributed by atoms with Crippen molar-refractivity contribution in [1.29, 1.82) is 0 Å². The topological polar surface area (TPSA) is 12.9 Å². The van der Waals surface area contributed by atoms with Gasteiger partial charge in [-0.2, -0.15) is 0 Å². The van der Waals surface area contributed by atoms with Gasteiger partial charge in [0.15, 0.2) is 0 Å². The first-order valence-corrected chi connectivity index (χ1v) is 5.43. The van der Waals surface area contributed by atoms with Crippen molar-refractivity contribution in [2.24, 2.45) is 0 Å². The van der Waals surface area contributed by atoms with Gasteiger partial charge in [-0.05, 0) is 36.8 Å². The van der Waals surface area contributed by atoms with Gasteiger partial charge in [0.1, 0.15) is 0 Å². The van der Waals surface area contributed by atoms with Crippen molar-refractivity contribution in [3.05, 3.63) is 42.2 Å². The Hall–Kier alpha value is -1.11. The third-order valence-electron chi connectivity index (χ3n) is 2.47. The lowest BCUT2D eigenvalue weighted by molar-refractivity contribution is 0.670. The van der Waals surface area contributed by atoms with Crippen molar-refractivity contribution in [1.82, 2.24) is 4.98 Å². The Morgan fingerprint density at radius 3 is 2.79 bits per heavy atom. The van der Waals surface area contributed by atoms with E-state index in [-0.39, 0.29) is 0 Å². The molecule has 0 N–H and O–H groups in total. The Morgan fingerprint density at radius 2 is 2.21 bits per heavy atom. The summed E-state index contributed by atoms with van der Waals surface area (Å²) in [6.07, 6.45) is 11.8. The van der Waals surface area contributed by atoms with E-state index in [1.54, 1.807) is 0 Å². The molecule has 0 fully saturated rings. The number of allylic oxidation sites excluding steroid dienone is 2. The van der Waals surface area contributed by atoms with Crippen molar-refractivity contribution in [3.63, 3.8) is 0 Å². The average Bonchev–Trinajstić information content (AvgIpc) is 2.26. The van der Waals surface area contributed by atoms with Gasteiger partial charge in [0.05, 0.1) is 0 Å². The quantitative estimate of drug-likeness (QED) is 0.639. The summed E-state index contributed by atoms with van der Waals surface area (Å²) in [5, 5.41) is 0. The summed E-state index contributed by atoms with van der Waals surface area (Å²) in [6.45, 7) is 4.40. The van der Waals surface area contributed by atoms with Crippen LogP contribution in [0.5, 0.6) is 0 Å². The van der Waals surface area contributed by atoms with Crippen molar-refractivity contribution in [2.45, 2.75) is 39.0 Å². The molecule has 0 aliphatic carbocycles. The molecule has 0 aliphatic heterocycles. The van der Waals surface area contributed by atoms with Crippen LogP contribution in [0.25, 0.3) is 0 Å². The molecule has 0 aromatic carbocycles. The van der Waals surface area contributed by atoms with Crippen LogP contribution in [-0.4, -0.2) is 4.98 Å². The molecule has 0 aliphatic rings. The van der Waals surface area contributed by atoms with E-state index in [4.69, 9.17) is 0 Å². The molecule has 1 aromatic heterocycles. The molecule has 1 unspecified atom stereocenters. The van der Waals surface area contributed by atoms with Gasteiger partial charge < -0.3 is 0 Å². The zero-order chi connectivity index (χ0) is 10.2. The summed E-state index contributed by atoms with van der Waals surface area (Å²) < 4.78 is 0. The minimum Gasteiger partial charge on any atom is -0.264 e. The van der Waals surface area contributed by atoms with Gasteiger partial charge in [0.2, 0.25) is 0 Å². The Labute approximate surface area is 86.9 Å². The van der Waals surface area contributed by atoms with Crippen molar-refractivity contribution < 1.29 is 0 Å². The molecule has 1 rings (SSSR count). The smallest absolute Gasteiger partial charge is 0.0302 e. The number of aromatic nitrogens is 1. The molecule has 76 valence electrons. The molecule has 0 saturated carbocycles. The number of rotatable bonds is 5. The molecule has 1 nitrogen and oxygen atoms in total. The molecule has 1 heterocycles. The number of pyridine rings is 1. The first-order valence-electron chi connectivity index (χ1n) is 5.43. The molecule has 0 bridgehead atoms. The second-order valence-electron chi connectivity index (χ2n) is 3.51. The van der Waals surface area contributed by atoms with Crippen molar-refractivity contribution >= 4 is 0 Å². The normalized spacial score (nSPS) is 13.3. The molecule has 0 amide bonds. The maximum Gasteiger partial charge on any atom is 0.0302 e. The maximum atomic E-state index is 4.16. The second kappa shape index (κ2) is 6.36. The Morgan fingerprint density at radius 1 is 1.36 bits per heavy atom. The van der Waals surface area contributed by atoms with Gasteiger partial charge in [0, 0.05) is 12.4 Å². The predicted molar refractivity (Wildman–Crippen MR) is 61.3 cm³/mol. The van der Waals surface area contributed by atoms with Gasteiger partial charge in [0.25, 0.3) is 0 Å². The van der Waals surface area contributed by atoms with Crippen molar-refractivity contribution in [3.8, 4) is 0 Å². The van der Waals surface area contributed by atoms with E-state index in [9.17, 15) is 0 Å². The highest BCUT2D eigenvalue weighted by Crippen LogP contribution is 2.22. The number of hydrogen-bond acceptors (Lipinski definition) is 1. The second-order valence-corrected chi connectivity index (χ2v) is 3.51. The minimum atomic E-state index is 0.631. The molecule has 1 atom stereocenters. The molecule has 1 aromatic rings. The van der Waals surface area contributed by atoms with E-state index in [1.165, 1.54) is 12.0 Å². The Balaban J connectivity index is 2.58. The fraction of sp³-hybridized carbons (Fsp3) is 0.462. The van der Waals surface area contributed by atoms with E-state index in [1.807, 2.05) is 18.5 Å². The van der Waals surface area contributed by atoms with E-state index in [0.29, 0.717) is 5.92 Å². The summed E-state index contributed by atoms with van der Waals surface area (Å²) in [5.74, 6) is 0.631. The Kier molecular flexibility index (Phi) is 4.98. The standard InChI is InChI=1S/C13H19N/c1-3-5-6-8-12(4-2)13-9-7-10-14-11-13/h5-7,9-12H,3-4,8H2,1-2H3/b6-5-. The summed E-state index contributed by atoms with van der Waals surface area (Å²) in [6, 6.07) is 4.18. The molecule has 0 radical (unpaired) electrons. The average molecular weight is 189 g/mol. The fourth-order valence-electron chi connectivity index (χ4n) is 1.58. The fourth-order valence-corrected chi connectivity index (χ4v) is 1.58. The minimum absolute atomic E-state index is 0.631. The largest absolute Gasteiger partial charge is 0.264 e. The molecule has 0 spiro atoms. The van der Waals surface area contributed by atoms with Crippen LogP contribution in [0.15, 0.2) is 36.7 Å². The summed E-state index contributed by atoms with van der Waals surface area (Å²) in [4.78, 5) is 4.16. The molecule has 14 heavy (non-hydrogen) atoms. The zero-order valence-electron chi connectivity index (χ0n) is 9.11. The highest BCUT2D eigenvalue weighted by atomic mass is 14.6. The zero-order valence-corrected chi connectivity index (χ0v) is 9.11. The van der Waals surface area contributed by atoms with E-state index in [2.05, 4.69) is 37.0 Å². The summed E-state index contributed by atoms with van der Waals surface area (Å²) >= 11 is 0. The lowest BCUT2D eigenvalue weighted by Crippen LogP contribution is -1.95. The lowest BCUT2D eigenvalue weighted by atomic mass is 9.94. The highest BCUT2D eigenvalue weighted by Gasteiger charge is 2.06. The molecular formula is C13H19N. The van der Waals surface area contributed by atoms with E-state index in [0.717, 1.165) is 12.8 Å². The van der Waals surface area contributed by atoms with Crippen LogP contribution in [-0.2, 0) is 0 Å². The van der Waals surface area contributed by atoms with Crippen LogP contribution in [0.3, 0.4) is 0 Å². The van der Waals surface area contributed by atoms with Crippen LogP contribution in [0.2, 0.25) is 0 Å². The third-order valence-corrected chi connectivity index (χ3v) is 2.47. The van der Waals surface area contributed by atoms with Crippen LogP contribution in [0, 0.1) is 0 Å². The van der Waals surface area contributed by atoms with E-state index >= 15 is 0 Å². The van der Waals surface area contributed by atoms with Gasteiger partial charge >= 0.3 is 0 Å². The monoisotopic (exact) mass is 189 g/mol. The molecular weight excluding hydrogens is 170 g/mol. The first-order chi connectivity index (χ1) is 6.88. The van der Waals surface area contributed by atoms with Crippen LogP contribution < -0.4 is 0 Å². The number of hydrogen-bond donors (Lipinski definition) is 0. The first kappa shape index (κ1) is 11.0. The third kappa shape index (κ3) is 3.33. The Bertz CT molecular complexity index is 264. The maximum absolute atomic E-state index is 4.16. The predicted octanol–water partition coefficient (Wildman–Crippen LogP) is 3.93. The molecule has 1 heteroatoms. The summed E-state index contributed by atoms with van der Waals surface area (Å²) in [5.41, 5.74) is 1.36. The summed E-state index contributed by atoms with van der Waals surface area (Å²) in [7, 11) is 0. The number of nitrogens with zero attached hydrogens (tertiary/aromatic N) is 1. The van der Waals surface area contributed by atoms with Crippen molar-refractivity contribution in [2.75, 3.05) is 0 Å². The molecule has 0 saturated heterocycles.